The van der Waals surface area contributed by atoms with Crippen LogP contribution in [0.2, 0.25) is 0 Å². The van der Waals surface area contributed by atoms with Gasteiger partial charge in [0.2, 0.25) is 5.91 Å². The highest BCUT2D eigenvalue weighted by atomic mass is 32.1. The number of anilines is 1. The van der Waals surface area contributed by atoms with E-state index in [9.17, 15) is 9.59 Å². The number of aromatic amines is 1. The molecule has 29 heavy (non-hydrogen) atoms. The summed E-state index contributed by atoms with van der Waals surface area (Å²) in [7, 11) is 0. The molecular weight excluding hydrogens is 388 g/mol. The van der Waals surface area contributed by atoms with Gasteiger partial charge in [-0.2, -0.15) is 5.10 Å². The SMILES string of the molecule is Nc1cc(C(=O)N2[C@@H]3CC[C@H]2[C@@](Cc2cscn2)(C(=O)NC2CCCC2)C3)[nH]n1. The maximum absolute atomic E-state index is 13.6. The van der Waals surface area contributed by atoms with Crippen LogP contribution in [0, 0.1) is 5.41 Å². The minimum Gasteiger partial charge on any atom is -0.382 e. The fourth-order valence-electron chi connectivity index (χ4n) is 5.64. The molecule has 2 aliphatic heterocycles. The van der Waals surface area contributed by atoms with Gasteiger partial charge in [-0.05, 0) is 32.1 Å². The van der Waals surface area contributed by atoms with Crippen LogP contribution in [0.4, 0.5) is 5.82 Å². The zero-order valence-electron chi connectivity index (χ0n) is 16.3. The summed E-state index contributed by atoms with van der Waals surface area (Å²) in [6, 6.07) is 1.75. The molecule has 0 spiro atoms. The number of carbonyl (C=O) groups excluding carboxylic acids is 2. The van der Waals surface area contributed by atoms with Crippen molar-refractivity contribution >= 4 is 29.0 Å². The number of nitrogens with two attached hydrogens (primary N) is 1. The first-order valence-corrected chi connectivity index (χ1v) is 11.3. The van der Waals surface area contributed by atoms with E-state index >= 15 is 0 Å². The zero-order chi connectivity index (χ0) is 20.0. The Morgan fingerprint density at radius 2 is 2.14 bits per heavy atom. The third kappa shape index (κ3) is 3.11. The number of nitrogens with zero attached hydrogens (tertiary/aromatic N) is 3. The summed E-state index contributed by atoms with van der Waals surface area (Å²) in [5.74, 6) is 0.273. The van der Waals surface area contributed by atoms with Crippen LogP contribution >= 0.6 is 11.3 Å². The molecule has 4 N–H and O–H groups in total. The molecule has 0 aromatic carbocycles. The van der Waals surface area contributed by atoms with Gasteiger partial charge in [-0.3, -0.25) is 14.7 Å². The van der Waals surface area contributed by atoms with E-state index < -0.39 is 5.41 Å². The van der Waals surface area contributed by atoms with Gasteiger partial charge in [0.25, 0.3) is 5.91 Å². The number of thiazole rings is 1. The van der Waals surface area contributed by atoms with Gasteiger partial charge in [-0.1, -0.05) is 12.8 Å². The van der Waals surface area contributed by atoms with Crippen LogP contribution in [0.3, 0.4) is 0 Å². The summed E-state index contributed by atoms with van der Waals surface area (Å²) in [5.41, 5.74) is 8.20. The van der Waals surface area contributed by atoms with Gasteiger partial charge in [0.1, 0.15) is 11.5 Å². The molecule has 0 radical (unpaired) electrons. The van der Waals surface area contributed by atoms with Crippen LogP contribution in [-0.4, -0.2) is 50.0 Å². The predicted octanol–water partition coefficient (Wildman–Crippen LogP) is 2.11. The Kier molecular flexibility index (Phi) is 4.57. The van der Waals surface area contributed by atoms with Crippen molar-refractivity contribution < 1.29 is 9.59 Å². The van der Waals surface area contributed by atoms with E-state index in [0.717, 1.165) is 31.4 Å². The topological polar surface area (TPSA) is 117 Å². The van der Waals surface area contributed by atoms with Gasteiger partial charge in [0.05, 0.1) is 16.6 Å². The average Bonchev–Trinajstić information content (AvgIpc) is 3.51. The molecule has 1 aliphatic carbocycles. The molecule has 2 bridgehead atoms. The normalized spacial score (nSPS) is 28.9. The summed E-state index contributed by atoms with van der Waals surface area (Å²) in [4.78, 5) is 33.2. The lowest BCUT2D eigenvalue weighted by Crippen LogP contribution is -2.53. The van der Waals surface area contributed by atoms with Gasteiger partial charge >= 0.3 is 0 Å². The molecule has 2 saturated heterocycles. The summed E-state index contributed by atoms with van der Waals surface area (Å²) in [5, 5.41) is 12.0. The molecule has 3 fully saturated rings. The van der Waals surface area contributed by atoms with Crippen LogP contribution in [0.5, 0.6) is 0 Å². The minimum atomic E-state index is -0.624. The van der Waals surface area contributed by atoms with Crippen molar-refractivity contribution in [3.63, 3.8) is 0 Å². The number of rotatable bonds is 5. The molecule has 2 aromatic rings. The maximum atomic E-state index is 13.6. The first kappa shape index (κ1) is 18.6. The Morgan fingerprint density at radius 1 is 1.31 bits per heavy atom. The molecule has 9 heteroatoms. The van der Waals surface area contributed by atoms with Crippen molar-refractivity contribution in [2.75, 3.05) is 5.73 Å². The van der Waals surface area contributed by atoms with Gasteiger partial charge in [-0.15, -0.1) is 11.3 Å². The lowest BCUT2D eigenvalue weighted by molar-refractivity contribution is -0.133. The maximum Gasteiger partial charge on any atom is 0.272 e. The number of hydrogen-bond donors (Lipinski definition) is 3. The van der Waals surface area contributed by atoms with E-state index in [1.807, 2.05) is 10.3 Å². The van der Waals surface area contributed by atoms with Crippen molar-refractivity contribution in [1.82, 2.24) is 25.4 Å². The number of fused-ring (bicyclic) bond motifs is 2. The van der Waals surface area contributed by atoms with Crippen LogP contribution in [0.25, 0.3) is 0 Å². The third-order valence-electron chi connectivity index (χ3n) is 6.93. The van der Waals surface area contributed by atoms with Crippen LogP contribution < -0.4 is 11.1 Å². The number of hydrogen-bond acceptors (Lipinski definition) is 6. The molecule has 5 rings (SSSR count). The number of carbonyl (C=O) groups is 2. The second-order valence-electron chi connectivity index (χ2n) is 8.64. The van der Waals surface area contributed by atoms with Gasteiger partial charge < -0.3 is 16.0 Å². The van der Waals surface area contributed by atoms with Crippen molar-refractivity contribution in [3.05, 3.63) is 28.3 Å². The number of nitrogen functional groups attached to an aromatic ring is 1. The van der Waals surface area contributed by atoms with Crippen molar-refractivity contribution in [2.24, 2.45) is 5.41 Å². The molecule has 4 heterocycles. The Morgan fingerprint density at radius 3 is 2.83 bits per heavy atom. The van der Waals surface area contributed by atoms with Crippen molar-refractivity contribution in [1.29, 1.82) is 0 Å². The first-order chi connectivity index (χ1) is 14.1. The monoisotopic (exact) mass is 414 g/mol. The highest BCUT2D eigenvalue weighted by molar-refractivity contribution is 7.07. The Hall–Kier alpha value is -2.42. The molecule has 2 aromatic heterocycles. The lowest BCUT2D eigenvalue weighted by Gasteiger charge is -2.36. The van der Waals surface area contributed by atoms with E-state index in [1.54, 1.807) is 22.9 Å². The molecule has 8 nitrogen and oxygen atoms in total. The molecule has 1 saturated carbocycles. The van der Waals surface area contributed by atoms with E-state index in [-0.39, 0.29) is 29.9 Å². The van der Waals surface area contributed by atoms with Crippen LogP contribution in [0.1, 0.15) is 61.1 Å². The molecule has 0 unspecified atom stereocenters. The second kappa shape index (κ2) is 7.12. The molecule has 3 atom stereocenters. The summed E-state index contributed by atoms with van der Waals surface area (Å²) >= 11 is 1.54. The van der Waals surface area contributed by atoms with E-state index in [0.29, 0.717) is 24.4 Å². The summed E-state index contributed by atoms with van der Waals surface area (Å²) < 4.78 is 0. The average molecular weight is 415 g/mol. The Bertz CT molecular complexity index is 906. The Labute approximate surface area is 173 Å². The van der Waals surface area contributed by atoms with Gasteiger partial charge in [-0.25, -0.2) is 4.98 Å². The smallest absolute Gasteiger partial charge is 0.272 e. The molecular formula is C20H26N6O2S. The zero-order valence-corrected chi connectivity index (χ0v) is 17.1. The number of aromatic nitrogens is 3. The van der Waals surface area contributed by atoms with E-state index in [2.05, 4.69) is 20.5 Å². The number of H-pyrrole nitrogens is 1. The van der Waals surface area contributed by atoms with E-state index in [4.69, 9.17) is 5.73 Å². The fourth-order valence-corrected chi connectivity index (χ4v) is 6.20. The van der Waals surface area contributed by atoms with Crippen molar-refractivity contribution in [2.45, 2.75) is 69.5 Å². The van der Waals surface area contributed by atoms with Gasteiger partial charge in [0.15, 0.2) is 0 Å². The first-order valence-electron chi connectivity index (χ1n) is 10.4. The quantitative estimate of drug-likeness (QED) is 0.693. The van der Waals surface area contributed by atoms with Crippen LogP contribution in [-0.2, 0) is 11.2 Å². The molecule has 3 aliphatic rings. The summed E-state index contributed by atoms with van der Waals surface area (Å²) in [6.45, 7) is 0. The largest absolute Gasteiger partial charge is 0.382 e. The highest BCUT2D eigenvalue weighted by Crippen LogP contribution is 2.52. The van der Waals surface area contributed by atoms with E-state index in [1.165, 1.54) is 12.8 Å². The molecule has 154 valence electrons. The second-order valence-corrected chi connectivity index (χ2v) is 9.36. The highest BCUT2D eigenvalue weighted by Gasteiger charge is 2.61. The summed E-state index contributed by atoms with van der Waals surface area (Å²) in [6.07, 6.45) is 7.45. The molecule has 2 amide bonds. The van der Waals surface area contributed by atoms with Crippen LogP contribution in [0.15, 0.2) is 17.0 Å². The van der Waals surface area contributed by atoms with Gasteiger partial charge in [0, 0.05) is 36.0 Å². The Balaban J connectivity index is 1.46. The fraction of sp³-hybridized carbons (Fsp3) is 0.600. The van der Waals surface area contributed by atoms with Crippen molar-refractivity contribution in [3.8, 4) is 0 Å². The number of nitrogens with one attached hydrogen (secondary N) is 2. The standard InChI is InChI=1S/C20H26N6O2S/c21-17-7-15(24-25-17)18(27)26-14-5-6-16(26)20(9-14,8-13-10-29-11-22-13)19(28)23-12-3-1-2-4-12/h7,10-12,14,16H,1-6,8-9H2,(H,23,28)(H3,21,24,25)/t14-,16+,20+/m1/s1. The minimum absolute atomic E-state index is 0.0602. The lowest BCUT2D eigenvalue weighted by atomic mass is 9.70. The predicted molar refractivity (Wildman–Crippen MR) is 109 cm³/mol. The third-order valence-corrected chi connectivity index (χ3v) is 7.56. The number of amides is 2.